The Morgan fingerprint density at radius 1 is 1.26 bits per heavy atom. The van der Waals surface area contributed by atoms with E-state index in [1.54, 1.807) is 24.5 Å². The van der Waals surface area contributed by atoms with Crippen LogP contribution < -0.4 is 15.4 Å². The number of sulfonamides is 1. The zero-order valence-corrected chi connectivity index (χ0v) is 17.5. The standard InChI is InChI=1S/C17H22ClN5O2S2/c1-17(19)6-8-23(9-7-17)14-10-22-15(11-21-14)26-12-4-3-5-13(16(12)18)27(24,25)20-2/h3-5,10-11,20H,6-9,19H2,1-2H3. The molecule has 7 nitrogen and oxygen atoms in total. The smallest absolute Gasteiger partial charge is 0.241 e. The van der Waals surface area contributed by atoms with E-state index in [-0.39, 0.29) is 15.5 Å². The first kappa shape index (κ1) is 20.3. The summed E-state index contributed by atoms with van der Waals surface area (Å²) in [5, 5.41) is 0.807. The van der Waals surface area contributed by atoms with Crippen LogP contribution in [0.2, 0.25) is 5.02 Å². The second kappa shape index (κ2) is 7.92. The molecule has 3 rings (SSSR count). The maximum Gasteiger partial charge on any atom is 0.241 e. The number of halogens is 1. The molecule has 1 saturated heterocycles. The number of hydrogen-bond acceptors (Lipinski definition) is 7. The third-order valence-corrected chi connectivity index (χ3v) is 7.61. The van der Waals surface area contributed by atoms with Crippen LogP contribution >= 0.6 is 23.4 Å². The molecule has 0 spiro atoms. The highest BCUT2D eigenvalue weighted by atomic mass is 35.5. The number of hydrogen-bond donors (Lipinski definition) is 2. The molecule has 0 radical (unpaired) electrons. The van der Waals surface area contributed by atoms with Gasteiger partial charge in [-0.05, 0) is 38.9 Å². The van der Waals surface area contributed by atoms with Crippen LogP contribution in [0, 0.1) is 0 Å². The number of anilines is 1. The van der Waals surface area contributed by atoms with Gasteiger partial charge in [0.15, 0.2) is 0 Å². The Hall–Kier alpha value is -1.39. The zero-order valence-electron chi connectivity index (χ0n) is 15.1. The van der Waals surface area contributed by atoms with E-state index in [9.17, 15) is 8.42 Å². The molecule has 0 unspecified atom stereocenters. The topological polar surface area (TPSA) is 101 Å². The summed E-state index contributed by atoms with van der Waals surface area (Å²) in [5.41, 5.74) is 6.05. The number of aromatic nitrogens is 2. The largest absolute Gasteiger partial charge is 0.355 e. The Morgan fingerprint density at radius 2 is 1.96 bits per heavy atom. The molecule has 1 aliphatic rings. The molecule has 0 atom stereocenters. The Morgan fingerprint density at radius 3 is 2.56 bits per heavy atom. The number of nitrogens with two attached hydrogens (primary N) is 1. The lowest BCUT2D eigenvalue weighted by Gasteiger charge is -2.37. The van der Waals surface area contributed by atoms with E-state index in [1.165, 1.54) is 24.9 Å². The minimum absolute atomic E-state index is 0.0411. The highest BCUT2D eigenvalue weighted by molar-refractivity contribution is 7.99. The van der Waals surface area contributed by atoms with Crippen LogP contribution in [0.5, 0.6) is 0 Å². The predicted molar refractivity (Wildman–Crippen MR) is 108 cm³/mol. The van der Waals surface area contributed by atoms with Gasteiger partial charge in [0.25, 0.3) is 0 Å². The molecule has 27 heavy (non-hydrogen) atoms. The van der Waals surface area contributed by atoms with Crippen molar-refractivity contribution in [3.63, 3.8) is 0 Å². The monoisotopic (exact) mass is 427 g/mol. The molecule has 0 saturated carbocycles. The highest BCUT2D eigenvalue weighted by Crippen LogP contribution is 2.36. The van der Waals surface area contributed by atoms with Crippen LogP contribution in [0.1, 0.15) is 19.8 Å². The number of piperidine rings is 1. The fraction of sp³-hybridized carbons (Fsp3) is 0.412. The van der Waals surface area contributed by atoms with Crippen LogP contribution in [-0.2, 0) is 10.0 Å². The minimum atomic E-state index is -3.62. The first-order chi connectivity index (χ1) is 12.7. The van der Waals surface area contributed by atoms with E-state index in [0.29, 0.717) is 9.92 Å². The molecule has 0 bridgehead atoms. The molecule has 3 N–H and O–H groups in total. The van der Waals surface area contributed by atoms with Gasteiger partial charge >= 0.3 is 0 Å². The Balaban J connectivity index is 1.75. The Bertz CT molecular complexity index is 909. The summed E-state index contributed by atoms with van der Waals surface area (Å²) in [6, 6.07) is 4.87. The zero-order chi connectivity index (χ0) is 19.7. The summed E-state index contributed by atoms with van der Waals surface area (Å²) in [7, 11) is -2.27. The van der Waals surface area contributed by atoms with Gasteiger partial charge in [-0.1, -0.05) is 29.4 Å². The molecule has 10 heteroatoms. The first-order valence-electron chi connectivity index (χ1n) is 8.48. The Kier molecular flexibility index (Phi) is 5.97. The predicted octanol–water partition coefficient (Wildman–Crippen LogP) is 2.51. The van der Waals surface area contributed by atoms with E-state index in [1.807, 2.05) is 0 Å². The van der Waals surface area contributed by atoms with Crippen LogP contribution in [0.15, 0.2) is 45.4 Å². The SMILES string of the molecule is CNS(=O)(=O)c1cccc(Sc2cnc(N3CCC(C)(N)CC3)cn2)c1Cl. The minimum Gasteiger partial charge on any atom is -0.355 e. The average molecular weight is 428 g/mol. The van der Waals surface area contributed by atoms with Gasteiger partial charge in [0, 0.05) is 23.5 Å². The number of nitrogens with one attached hydrogen (secondary N) is 1. The fourth-order valence-corrected chi connectivity index (χ4v) is 4.99. The van der Waals surface area contributed by atoms with Crippen molar-refractivity contribution in [2.24, 2.45) is 5.73 Å². The van der Waals surface area contributed by atoms with Crippen LogP contribution in [-0.4, -0.2) is 44.1 Å². The van der Waals surface area contributed by atoms with Crippen molar-refractivity contribution in [2.45, 2.75) is 40.1 Å². The van der Waals surface area contributed by atoms with Gasteiger partial charge in [-0.25, -0.2) is 23.1 Å². The maximum absolute atomic E-state index is 12.0. The second-order valence-electron chi connectivity index (χ2n) is 6.73. The van der Waals surface area contributed by atoms with E-state index in [2.05, 4.69) is 26.5 Å². The molecular weight excluding hydrogens is 406 g/mol. The second-order valence-corrected chi connectivity index (χ2v) is 10.0. The molecular formula is C17H22ClN5O2S2. The van der Waals surface area contributed by atoms with Gasteiger partial charge in [-0.3, -0.25) is 0 Å². The van der Waals surface area contributed by atoms with E-state index in [0.717, 1.165) is 31.7 Å². The summed E-state index contributed by atoms with van der Waals surface area (Å²) in [6.45, 7) is 3.77. The first-order valence-corrected chi connectivity index (χ1v) is 11.2. The summed E-state index contributed by atoms with van der Waals surface area (Å²) >= 11 is 7.57. The number of benzene rings is 1. The van der Waals surface area contributed by atoms with Gasteiger partial charge in [0.1, 0.15) is 15.7 Å². The van der Waals surface area contributed by atoms with Crippen LogP contribution in [0.3, 0.4) is 0 Å². The summed E-state index contributed by atoms with van der Waals surface area (Å²) in [6.07, 6.45) is 5.22. The van der Waals surface area contributed by atoms with E-state index < -0.39 is 10.0 Å². The normalized spacial score (nSPS) is 17.1. The van der Waals surface area contributed by atoms with Crippen molar-refractivity contribution in [3.05, 3.63) is 35.6 Å². The van der Waals surface area contributed by atoms with E-state index in [4.69, 9.17) is 17.3 Å². The summed E-state index contributed by atoms with van der Waals surface area (Å²) < 4.78 is 26.4. The van der Waals surface area contributed by atoms with Gasteiger partial charge < -0.3 is 10.6 Å². The summed E-state index contributed by atoms with van der Waals surface area (Å²) in [5.74, 6) is 0.812. The van der Waals surface area contributed by atoms with Gasteiger partial charge in [-0.2, -0.15) is 0 Å². The average Bonchev–Trinajstić information content (AvgIpc) is 2.64. The maximum atomic E-state index is 12.0. The van der Waals surface area contributed by atoms with Crippen molar-refractivity contribution < 1.29 is 8.42 Å². The molecule has 2 heterocycles. The molecule has 1 aromatic carbocycles. The number of rotatable bonds is 5. The van der Waals surface area contributed by atoms with Crippen molar-refractivity contribution in [1.82, 2.24) is 14.7 Å². The molecule has 1 aliphatic heterocycles. The third-order valence-electron chi connectivity index (χ3n) is 4.54. The lowest BCUT2D eigenvalue weighted by molar-refractivity contribution is 0.363. The van der Waals surface area contributed by atoms with Crippen molar-refractivity contribution in [1.29, 1.82) is 0 Å². The lowest BCUT2D eigenvalue weighted by atomic mass is 9.91. The van der Waals surface area contributed by atoms with Crippen LogP contribution in [0.25, 0.3) is 0 Å². The van der Waals surface area contributed by atoms with Gasteiger partial charge in [0.05, 0.1) is 17.4 Å². The fourth-order valence-electron chi connectivity index (χ4n) is 2.77. The lowest BCUT2D eigenvalue weighted by Crippen LogP contribution is -2.48. The molecule has 0 aliphatic carbocycles. The van der Waals surface area contributed by atoms with Crippen molar-refractivity contribution in [2.75, 3.05) is 25.0 Å². The molecule has 1 aromatic heterocycles. The summed E-state index contributed by atoms with van der Waals surface area (Å²) in [4.78, 5) is 11.7. The Labute approximate surface area is 168 Å². The highest BCUT2D eigenvalue weighted by Gasteiger charge is 2.26. The van der Waals surface area contributed by atoms with E-state index >= 15 is 0 Å². The van der Waals surface area contributed by atoms with Crippen LogP contribution in [0.4, 0.5) is 5.82 Å². The van der Waals surface area contributed by atoms with Gasteiger partial charge in [-0.15, -0.1) is 0 Å². The molecule has 0 amide bonds. The molecule has 2 aromatic rings. The van der Waals surface area contributed by atoms with Crippen molar-refractivity contribution >= 4 is 39.2 Å². The third kappa shape index (κ3) is 4.72. The quantitative estimate of drug-likeness (QED) is 0.755. The van der Waals surface area contributed by atoms with Gasteiger partial charge in [0.2, 0.25) is 10.0 Å². The molecule has 146 valence electrons. The number of nitrogens with zero attached hydrogens (tertiary/aromatic N) is 3. The van der Waals surface area contributed by atoms with Crippen molar-refractivity contribution in [3.8, 4) is 0 Å². The molecule has 1 fully saturated rings.